The van der Waals surface area contributed by atoms with Gasteiger partial charge in [-0.15, -0.1) is 0 Å². The molecular formula is C14H16N2O4. The quantitative estimate of drug-likeness (QED) is 0.759. The predicted octanol–water partition coefficient (Wildman–Crippen LogP) is 0.913. The van der Waals surface area contributed by atoms with Gasteiger partial charge in [-0.1, -0.05) is 18.9 Å². The van der Waals surface area contributed by atoms with Crippen LogP contribution in [0, 0.1) is 0 Å². The van der Waals surface area contributed by atoms with Gasteiger partial charge in [0.1, 0.15) is 5.54 Å². The van der Waals surface area contributed by atoms with E-state index in [2.05, 4.69) is 5.32 Å². The molecule has 6 heteroatoms. The summed E-state index contributed by atoms with van der Waals surface area (Å²) in [6.07, 6.45) is 2.38. The van der Waals surface area contributed by atoms with Crippen molar-refractivity contribution in [2.24, 2.45) is 5.73 Å². The molecule has 4 N–H and O–H groups in total. The maximum absolute atomic E-state index is 12.2. The first-order chi connectivity index (χ1) is 9.44. The fourth-order valence-electron chi connectivity index (χ4n) is 2.47. The molecule has 0 bridgehead atoms. The van der Waals surface area contributed by atoms with E-state index in [1.54, 1.807) is 0 Å². The molecule has 1 aromatic carbocycles. The second-order valence-corrected chi connectivity index (χ2v) is 4.99. The molecule has 0 atom stereocenters. The van der Waals surface area contributed by atoms with Crippen molar-refractivity contribution in [2.45, 2.75) is 31.2 Å². The summed E-state index contributed by atoms with van der Waals surface area (Å²) in [6.45, 7) is 0. The molecule has 1 fully saturated rings. The normalized spacial score (nSPS) is 16.6. The Bertz CT molecular complexity index is 562. The van der Waals surface area contributed by atoms with Gasteiger partial charge in [-0.2, -0.15) is 0 Å². The number of carboxylic acid groups (broad SMARTS) is 1. The van der Waals surface area contributed by atoms with E-state index < -0.39 is 23.3 Å². The number of aliphatic carboxylic acids is 1. The van der Waals surface area contributed by atoms with E-state index in [9.17, 15) is 19.5 Å². The molecule has 6 nitrogen and oxygen atoms in total. The average Bonchev–Trinajstić information content (AvgIpc) is 2.88. The number of hydrogen-bond acceptors (Lipinski definition) is 3. The fraction of sp³-hybridized carbons (Fsp3) is 0.357. The molecule has 0 saturated heterocycles. The zero-order chi connectivity index (χ0) is 14.8. The first kappa shape index (κ1) is 14.0. The summed E-state index contributed by atoms with van der Waals surface area (Å²) in [4.78, 5) is 34.6. The number of carbonyl (C=O) groups is 3. The minimum atomic E-state index is -1.19. The van der Waals surface area contributed by atoms with Crippen LogP contribution in [0.15, 0.2) is 24.3 Å². The zero-order valence-corrected chi connectivity index (χ0v) is 10.9. The summed E-state index contributed by atoms with van der Waals surface area (Å²) >= 11 is 0. The highest BCUT2D eigenvalue weighted by Crippen LogP contribution is 2.30. The summed E-state index contributed by atoms with van der Waals surface area (Å²) in [5.41, 5.74) is 4.41. The standard InChI is InChI=1S/C14H16N2O4/c15-11(17)9-4-3-5-10(8-9)12(18)16-14(13(19)20)6-1-2-7-14/h3-5,8H,1-2,6-7H2,(H2,15,17)(H,16,18)(H,19,20). The van der Waals surface area contributed by atoms with Crippen LogP contribution in [-0.4, -0.2) is 28.4 Å². The maximum atomic E-state index is 12.2. The van der Waals surface area contributed by atoms with Crippen LogP contribution in [0.1, 0.15) is 46.4 Å². The number of carboxylic acids is 1. The van der Waals surface area contributed by atoms with Crippen molar-refractivity contribution in [3.63, 3.8) is 0 Å². The third kappa shape index (κ3) is 2.64. The largest absolute Gasteiger partial charge is 0.480 e. The van der Waals surface area contributed by atoms with Crippen molar-refractivity contribution >= 4 is 17.8 Å². The van der Waals surface area contributed by atoms with Gasteiger partial charge < -0.3 is 16.2 Å². The Morgan fingerprint density at radius 2 is 1.75 bits per heavy atom. The third-order valence-electron chi connectivity index (χ3n) is 3.63. The molecule has 0 heterocycles. The van der Waals surface area contributed by atoms with E-state index in [1.165, 1.54) is 24.3 Å². The monoisotopic (exact) mass is 276 g/mol. The van der Waals surface area contributed by atoms with E-state index in [0.29, 0.717) is 12.8 Å². The lowest BCUT2D eigenvalue weighted by Crippen LogP contribution is -2.52. The molecule has 1 aliphatic rings. The van der Waals surface area contributed by atoms with Crippen LogP contribution >= 0.6 is 0 Å². The molecular weight excluding hydrogens is 260 g/mol. The predicted molar refractivity (Wildman–Crippen MR) is 71.3 cm³/mol. The number of nitrogens with two attached hydrogens (primary N) is 1. The second-order valence-electron chi connectivity index (χ2n) is 4.99. The van der Waals surface area contributed by atoms with Gasteiger partial charge in [0.15, 0.2) is 0 Å². The van der Waals surface area contributed by atoms with Crippen molar-refractivity contribution in [1.82, 2.24) is 5.32 Å². The molecule has 1 saturated carbocycles. The number of nitrogens with one attached hydrogen (secondary N) is 1. The first-order valence-corrected chi connectivity index (χ1v) is 6.40. The van der Waals surface area contributed by atoms with Crippen molar-refractivity contribution in [2.75, 3.05) is 0 Å². The lowest BCUT2D eigenvalue weighted by atomic mass is 9.97. The molecule has 0 spiro atoms. The number of rotatable bonds is 4. The highest BCUT2D eigenvalue weighted by atomic mass is 16.4. The summed E-state index contributed by atoms with van der Waals surface area (Å²) in [5, 5.41) is 11.9. The number of hydrogen-bond donors (Lipinski definition) is 3. The van der Waals surface area contributed by atoms with Crippen molar-refractivity contribution in [3.05, 3.63) is 35.4 Å². The SMILES string of the molecule is NC(=O)c1cccc(C(=O)NC2(C(=O)O)CCCC2)c1. The Balaban J connectivity index is 2.21. The molecule has 0 aromatic heterocycles. The zero-order valence-electron chi connectivity index (χ0n) is 10.9. The number of carbonyl (C=O) groups excluding carboxylic acids is 2. The van der Waals surface area contributed by atoms with E-state index in [0.717, 1.165) is 12.8 Å². The van der Waals surface area contributed by atoms with Crippen LogP contribution in [0.5, 0.6) is 0 Å². The molecule has 106 valence electrons. The number of benzene rings is 1. The van der Waals surface area contributed by atoms with Gasteiger partial charge in [-0.05, 0) is 31.0 Å². The van der Waals surface area contributed by atoms with Crippen LogP contribution in [-0.2, 0) is 4.79 Å². The number of amides is 2. The van der Waals surface area contributed by atoms with E-state index in [1.807, 2.05) is 0 Å². The number of primary amides is 1. The van der Waals surface area contributed by atoms with E-state index >= 15 is 0 Å². The topological polar surface area (TPSA) is 109 Å². The molecule has 1 aliphatic carbocycles. The van der Waals surface area contributed by atoms with Gasteiger partial charge in [0.05, 0.1) is 0 Å². The highest BCUT2D eigenvalue weighted by molar-refractivity contribution is 6.01. The summed E-state index contributed by atoms with van der Waals surface area (Å²) < 4.78 is 0. The molecule has 2 rings (SSSR count). The van der Waals surface area contributed by atoms with Gasteiger partial charge >= 0.3 is 5.97 Å². The van der Waals surface area contributed by atoms with E-state index in [4.69, 9.17) is 5.73 Å². The van der Waals surface area contributed by atoms with Gasteiger partial charge in [-0.25, -0.2) is 4.79 Å². The Morgan fingerprint density at radius 3 is 2.30 bits per heavy atom. The molecule has 0 radical (unpaired) electrons. The third-order valence-corrected chi connectivity index (χ3v) is 3.63. The smallest absolute Gasteiger partial charge is 0.329 e. The van der Waals surface area contributed by atoms with Crippen LogP contribution in [0.3, 0.4) is 0 Å². The lowest BCUT2D eigenvalue weighted by Gasteiger charge is -2.25. The summed E-state index contributed by atoms with van der Waals surface area (Å²) in [7, 11) is 0. The van der Waals surface area contributed by atoms with Gasteiger partial charge in [0.2, 0.25) is 5.91 Å². The van der Waals surface area contributed by atoms with Crippen molar-refractivity contribution in [3.8, 4) is 0 Å². The van der Waals surface area contributed by atoms with Gasteiger partial charge in [0, 0.05) is 11.1 Å². The summed E-state index contributed by atoms with van der Waals surface area (Å²) in [5.74, 6) is -2.15. The van der Waals surface area contributed by atoms with E-state index in [-0.39, 0.29) is 11.1 Å². The Morgan fingerprint density at radius 1 is 1.15 bits per heavy atom. The maximum Gasteiger partial charge on any atom is 0.329 e. The average molecular weight is 276 g/mol. The van der Waals surface area contributed by atoms with Crippen LogP contribution in [0.25, 0.3) is 0 Å². The molecule has 20 heavy (non-hydrogen) atoms. The Hall–Kier alpha value is -2.37. The molecule has 0 aliphatic heterocycles. The Labute approximate surface area is 116 Å². The van der Waals surface area contributed by atoms with Gasteiger partial charge in [0.25, 0.3) is 5.91 Å². The van der Waals surface area contributed by atoms with Gasteiger partial charge in [-0.3, -0.25) is 9.59 Å². The minimum Gasteiger partial charge on any atom is -0.480 e. The van der Waals surface area contributed by atoms with Crippen molar-refractivity contribution in [1.29, 1.82) is 0 Å². The molecule has 2 amide bonds. The summed E-state index contributed by atoms with van der Waals surface area (Å²) in [6, 6.07) is 5.92. The lowest BCUT2D eigenvalue weighted by molar-refractivity contribution is -0.144. The van der Waals surface area contributed by atoms with Crippen LogP contribution in [0.2, 0.25) is 0 Å². The van der Waals surface area contributed by atoms with Crippen LogP contribution < -0.4 is 11.1 Å². The first-order valence-electron chi connectivity index (χ1n) is 6.40. The Kier molecular flexibility index (Phi) is 3.74. The molecule has 1 aromatic rings. The van der Waals surface area contributed by atoms with Crippen molar-refractivity contribution < 1.29 is 19.5 Å². The highest BCUT2D eigenvalue weighted by Gasteiger charge is 2.42. The fourth-order valence-corrected chi connectivity index (χ4v) is 2.47. The second kappa shape index (κ2) is 5.32. The van der Waals surface area contributed by atoms with Crippen LogP contribution in [0.4, 0.5) is 0 Å². The minimum absolute atomic E-state index is 0.216. The molecule has 0 unspecified atom stereocenters.